The van der Waals surface area contributed by atoms with E-state index in [0.29, 0.717) is 5.56 Å². The Labute approximate surface area is 143 Å². The van der Waals surface area contributed by atoms with Crippen molar-refractivity contribution in [3.8, 4) is 0 Å². The van der Waals surface area contributed by atoms with Crippen LogP contribution in [0, 0.1) is 19.7 Å². The predicted molar refractivity (Wildman–Crippen MR) is 93.9 cm³/mol. The van der Waals surface area contributed by atoms with Gasteiger partial charge in [0.1, 0.15) is 5.82 Å². The molecule has 0 radical (unpaired) electrons. The quantitative estimate of drug-likeness (QED) is 0.871. The van der Waals surface area contributed by atoms with E-state index >= 15 is 0 Å². The van der Waals surface area contributed by atoms with Crippen molar-refractivity contribution in [1.29, 1.82) is 0 Å². The molecule has 0 spiro atoms. The molecule has 0 heterocycles. The van der Waals surface area contributed by atoms with Crippen LogP contribution in [-0.2, 0) is 10.0 Å². The molecule has 2 aromatic carbocycles. The second-order valence-electron chi connectivity index (χ2n) is 6.15. The number of sulfonamides is 1. The maximum absolute atomic E-state index is 13.6. The summed E-state index contributed by atoms with van der Waals surface area (Å²) in [6.07, 6.45) is 0. The number of aryl methyl sites for hydroxylation is 2. The highest BCUT2D eigenvalue weighted by Crippen LogP contribution is 2.20. The Kier molecular flexibility index (Phi) is 5.74. The normalized spacial score (nSPS) is 13.2. The first-order chi connectivity index (χ1) is 11.2. The third kappa shape index (κ3) is 4.41. The first kappa shape index (κ1) is 18.6. The van der Waals surface area contributed by atoms with Crippen molar-refractivity contribution in [2.75, 3.05) is 20.6 Å². The topological polar surface area (TPSA) is 49.4 Å². The van der Waals surface area contributed by atoms with Gasteiger partial charge in [-0.2, -0.15) is 0 Å². The zero-order chi connectivity index (χ0) is 17.9. The van der Waals surface area contributed by atoms with Crippen LogP contribution in [0.3, 0.4) is 0 Å². The van der Waals surface area contributed by atoms with Gasteiger partial charge in [0.2, 0.25) is 10.0 Å². The standard InChI is InChI=1S/C18H23FN2O2S/c1-13-5-8-15(9-6-13)18(21(3)4)12-20-24(22,23)16-10-7-14(2)17(19)11-16/h5-11,18,20H,12H2,1-4H3. The van der Waals surface area contributed by atoms with E-state index < -0.39 is 15.8 Å². The highest BCUT2D eigenvalue weighted by atomic mass is 32.2. The Morgan fingerprint density at radius 3 is 2.25 bits per heavy atom. The minimum absolute atomic E-state index is 0.0630. The molecule has 2 rings (SSSR count). The fraction of sp³-hybridized carbons (Fsp3) is 0.333. The molecule has 0 fully saturated rings. The Balaban J connectivity index is 2.18. The van der Waals surface area contributed by atoms with Crippen LogP contribution in [0.25, 0.3) is 0 Å². The maximum atomic E-state index is 13.6. The number of halogens is 1. The zero-order valence-corrected chi connectivity index (χ0v) is 15.2. The summed E-state index contributed by atoms with van der Waals surface area (Å²) < 4.78 is 41.0. The SMILES string of the molecule is Cc1ccc(C(CNS(=O)(=O)c2ccc(C)c(F)c2)N(C)C)cc1. The number of hydrogen-bond acceptors (Lipinski definition) is 3. The predicted octanol–water partition coefficient (Wildman–Crippen LogP) is 3.02. The van der Waals surface area contributed by atoms with Gasteiger partial charge < -0.3 is 4.90 Å². The van der Waals surface area contributed by atoms with Crippen molar-refractivity contribution in [3.63, 3.8) is 0 Å². The molecular formula is C18H23FN2O2S. The fourth-order valence-electron chi connectivity index (χ4n) is 2.40. The maximum Gasteiger partial charge on any atom is 0.240 e. The van der Waals surface area contributed by atoms with Crippen molar-refractivity contribution >= 4 is 10.0 Å². The van der Waals surface area contributed by atoms with E-state index in [4.69, 9.17) is 0 Å². The highest BCUT2D eigenvalue weighted by molar-refractivity contribution is 7.89. The van der Waals surface area contributed by atoms with E-state index in [0.717, 1.165) is 17.2 Å². The van der Waals surface area contributed by atoms with Crippen LogP contribution in [0.1, 0.15) is 22.7 Å². The van der Waals surface area contributed by atoms with Crippen molar-refractivity contribution in [2.45, 2.75) is 24.8 Å². The molecule has 0 aliphatic rings. The molecule has 0 saturated heterocycles. The van der Waals surface area contributed by atoms with Crippen LogP contribution in [-0.4, -0.2) is 34.0 Å². The Morgan fingerprint density at radius 1 is 1.08 bits per heavy atom. The minimum Gasteiger partial charge on any atom is -0.301 e. The summed E-state index contributed by atoms with van der Waals surface area (Å²) in [7, 11) is 0.0255. The molecule has 4 nitrogen and oxygen atoms in total. The minimum atomic E-state index is -3.76. The summed E-state index contributed by atoms with van der Waals surface area (Å²) in [4.78, 5) is 1.88. The van der Waals surface area contributed by atoms with E-state index in [1.54, 1.807) is 6.92 Å². The molecule has 6 heteroatoms. The van der Waals surface area contributed by atoms with Gasteiger partial charge in [-0.05, 0) is 51.2 Å². The Hall–Kier alpha value is -1.76. The first-order valence-electron chi connectivity index (χ1n) is 7.69. The van der Waals surface area contributed by atoms with E-state index in [2.05, 4.69) is 4.72 Å². The number of rotatable bonds is 6. The molecule has 0 saturated carbocycles. The van der Waals surface area contributed by atoms with Crippen LogP contribution in [0.15, 0.2) is 47.4 Å². The Bertz CT molecular complexity index is 802. The second-order valence-corrected chi connectivity index (χ2v) is 7.92. The first-order valence-corrected chi connectivity index (χ1v) is 9.18. The molecule has 1 atom stereocenters. The molecular weight excluding hydrogens is 327 g/mol. The summed E-state index contributed by atoms with van der Waals surface area (Å²) in [5, 5.41) is 0. The van der Waals surface area contributed by atoms with Crippen molar-refractivity contribution in [3.05, 3.63) is 65.0 Å². The van der Waals surface area contributed by atoms with Crippen LogP contribution >= 0.6 is 0 Å². The van der Waals surface area contributed by atoms with E-state index in [1.165, 1.54) is 12.1 Å². The molecule has 24 heavy (non-hydrogen) atoms. The molecule has 2 aromatic rings. The number of nitrogens with one attached hydrogen (secondary N) is 1. The summed E-state index contributed by atoms with van der Waals surface area (Å²) in [6, 6.07) is 11.8. The third-order valence-electron chi connectivity index (χ3n) is 4.01. The molecule has 130 valence electrons. The van der Waals surface area contributed by atoms with Crippen molar-refractivity contribution in [1.82, 2.24) is 9.62 Å². The number of benzene rings is 2. The van der Waals surface area contributed by atoms with Gasteiger partial charge in [-0.1, -0.05) is 35.9 Å². The molecule has 0 amide bonds. The van der Waals surface area contributed by atoms with Gasteiger partial charge in [-0.25, -0.2) is 17.5 Å². The molecule has 1 N–H and O–H groups in total. The lowest BCUT2D eigenvalue weighted by atomic mass is 10.0. The van der Waals surface area contributed by atoms with Crippen molar-refractivity contribution in [2.24, 2.45) is 0 Å². The molecule has 0 bridgehead atoms. The molecule has 1 unspecified atom stereocenters. The average molecular weight is 350 g/mol. The van der Waals surface area contributed by atoms with Gasteiger partial charge in [0, 0.05) is 12.6 Å². The lowest BCUT2D eigenvalue weighted by molar-refractivity contribution is 0.299. The van der Waals surface area contributed by atoms with Crippen molar-refractivity contribution < 1.29 is 12.8 Å². The van der Waals surface area contributed by atoms with Crippen LogP contribution in [0.2, 0.25) is 0 Å². The summed E-state index contributed by atoms with van der Waals surface area (Å²) >= 11 is 0. The van der Waals surface area contributed by atoms with Crippen LogP contribution in [0.5, 0.6) is 0 Å². The number of hydrogen-bond donors (Lipinski definition) is 1. The average Bonchev–Trinajstić information content (AvgIpc) is 2.51. The van der Waals surface area contributed by atoms with Gasteiger partial charge in [-0.15, -0.1) is 0 Å². The van der Waals surface area contributed by atoms with E-state index in [9.17, 15) is 12.8 Å². The van der Waals surface area contributed by atoms with Gasteiger partial charge >= 0.3 is 0 Å². The lowest BCUT2D eigenvalue weighted by Crippen LogP contribution is -2.34. The molecule has 0 aliphatic heterocycles. The third-order valence-corrected chi connectivity index (χ3v) is 5.43. The van der Waals surface area contributed by atoms with E-state index in [-0.39, 0.29) is 17.5 Å². The van der Waals surface area contributed by atoms with Gasteiger partial charge in [0.25, 0.3) is 0 Å². The van der Waals surface area contributed by atoms with Gasteiger partial charge in [0.05, 0.1) is 4.90 Å². The highest BCUT2D eigenvalue weighted by Gasteiger charge is 2.20. The molecule has 0 aliphatic carbocycles. The lowest BCUT2D eigenvalue weighted by Gasteiger charge is -2.25. The second kappa shape index (κ2) is 7.42. The largest absolute Gasteiger partial charge is 0.301 e. The van der Waals surface area contributed by atoms with Crippen LogP contribution < -0.4 is 4.72 Å². The monoisotopic (exact) mass is 350 g/mol. The van der Waals surface area contributed by atoms with Gasteiger partial charge in [0.15, 0.2) is 0 Å². The van der Waals surface area contributed by atoms with E-state index in [1.807, 2.05) is 50.2 Å². The number of nitrogens with zero attached hydrogens (tertiary/aromatic N) is 1. The van der Waals surface area contributed by atoms with Crippen LogP contribution in [0.4, 0.5) is 4.39 Å². The molecule has 0 aromatic heterocycles. The number of likely N-dealkylation sites (N-methyl/N-ethyl adjacent to an activating group) is 1. The summed E-state index contributed by atoms with van der Waals surface area (Å²) in [5.74, 6) is -0.527. The van der Waals surface area contributed by atoms with Gasteiger partial charge in [-0.3, -0.25) is 0 Å². The Morgan fingerprint density at radius 2 is 1.71 bits per heavy atom. The fourth-order valence-corrected chi connectivity index (χ4v) is 3.45. The summed E-state index contributed by atoms with van der Waals surface area (Å²) in [5.41, 5.74) is 2.58. The zero-order valence-electron chi connectivity index (χ0n) is 14.4. The summed E-state index contributed by atoms with van der Waals surface area (Å²) in [6.45, 7) is 3.80. The smallest absolute Gasteiger partial charge is 0.240 e.